The molecule has 2 heteroatoms. The first-order valence-corrected chi connectivity index (χ1v) is 13.1. The average molecular weight is 423 g/mol. The first kappa shape index (κ1) is 21.7. The molecule has 0 aliphatic heterocycles. The molecule has 170 valence electrons. The van der Waals surface area contributed by atoms with E-state index in [0.717, 1.165) is 37.5 Å². The molecule has 31 heavy (non-hydrogen) atoms. The quantitative estimate of drug-likeness (QED) is 0.453. The van der Waals surface area contributed by atoms with Crippen molar-refractivity contribution in [2.24, 2.45) is 45.8 Å². The second-order valence-electron chi connectivity index (χ2n) is 12.7. The van der Waals surface area contributed by atoms with Crippen molar-refractivity contribution in [3.05, 3.63) is 23.3 Å². The van der Waals surface area contributed by atoms with Gasteiger partial charge in [0.05, 0.1) is 5.41 Å². The minimum absolute atomic E-state index is 0.0808. The second-order valence-corrected chi connectivity index (χ2v) is 12.7. The number of hydrogen-bond donors (Lipinski definition) is 0. The van der Waals surface area contributed by atoms with Crippen LogP contribution in [0.2, 0.25) is 0 Å². The number of hydrogen-bond acceptors (Lipinski definition) is 2. The molecule has 0 aromatic carbocycles. The van der Waals surface area contributed by atoms with E-state index in [2.05, 4.69) is 40.7 Å². The summed E-state index contributed by atoms with van der Waals surface area (Å²) in [6.45, 7) is 11.8. The molecule has 0 aromatic heterocycles. The highest BCUT2D eigenvalue weighted by molar-refractivity contribution is 5.99. The van der Waals surface area contributed by atoms with Gasteiger partial charge in [0.1, 0.15) is 5.78 Å². The summed E-state index contributed by atoms with van der Waals surface area (Å²) < 4.78 is 0. The van der Waals surface area contributed by atoms with Crippen molar-refractivity contribution in [2.75, 3.05) is 0 Å². The number of ketones is 2. The normalized spacial score (nSPS) is 43.6. The van der Waals surface area contributed by atoms with Gasteiger partial charge in [-0.1, -0.05) is 32.4 Å². The molecule has 5 aliphatic rings. The van der Waals surface area contributed by atoms with Gasteiger partial charge in [-0.05, 0) is 118 Å². The Bertz CT molecular complexity index is 854. The molecule has 0 heterocycles. The van der Waals surface area contributed by atoms with Crippen LogP contribution in [-0.4, -0.2) is 11.6 Å². The molecule has 0 aromatic rings. The molecule has 7 atom stereocenters. The van der Waals surface area contributed by atoms with Gasteiger partial charge >= 0.3 is 0 Å². The van der Waals surface area contributed by atoms with Crippen LogP contribution in [0.5, 0.6) is 0 Å². The number of allylic oxidation sites excluding steroid dienone is 4. The highest BCUT2D eigenvalue weighted by atomic mass is 16.1. The third-order valence-electron chi connectivity index (χ3n) is 10.9. The summed E-state index contributed by atoms with van der Waals surface area (Å²) in [7, 11) is 0. The average Bonchev–Trinajstić information content (AvgIpc) is 3.42. The molecule has 4 fully saturated rings. The Morgan fingerprint density at radius 2 is 1.81 bits per heavy atom. The van der Waals surface area contributed by atoms with Crippen LogP contribution >= 0.6 is 0 Å². The van der Waals surface area contributed by atoms with Gasteiger partial charge in [-0.3, -0.25) is 9.59 Å². The van der Waals surface area contributed by atoms with Gasteiger partial charge in [-0.15, -0.1) is 0 Å². The zero-order valence-electron chi connectivity index (χ0n) is 20.4. The Labute approximate surface area is 189 Å². The van der Waals surface area contributed by atoms with Crippen LogP contribution in [0.4, 0.5) is 0 Å². The van der Waals surface area contributed by atoms with E-state index in [1.807, 2.05) is 6.08 Å². The van der Waals surface area contributed by atoms with Crippen molar-refractivity contribution in [3.8, 4) is 0 Å². The van der Waals surface area contributed by atoms with Crippen LogP contribution < -0.4 is 0 Å². The minimum Gasteiger partial charge on any atom is -0.299 e. The molecule has 0 N–H and O–H groups in total. The van der Waals surface area contributed by atoms with Crippen molar-refractivity contribution >= 4 is 11.6 Å². The standard InChI is InChI=1S/C29H42O2/c1-18(2)7-6-8-19(3)20-9-10-21-26-22(11-13-27(20,21)4)28(5)14-12-25(31)29(15-16-29)24(28)17-23(26)30/h7,17,19-22,26H,6,8-16H2,1-5H3/t19-,20-,21+,22+,26+,27-,28-/m1/s1. The van der Waals surface area contributed by atoms with Crippen LogP contribution in [0, 0.1) is 45.8 Å². The van der Waals surface area contributed by atoms with E-state index in [0.29, 0.717) is 28.8 Å². The predicted molar refractivity (Wildman–Crippen MR) is 125 cm³/mol. The smallest absolute Gasteiger partial charge is 0.159 e. The van der Waals surface area contributed by atoms with E-state index >= 15 is 0 Å². The summed E-state index contributed by atoms with van der Waals surface area (Å²) in [4.78, 5) is 26.4. The van der Waals surface area contributed by atoms with Crippen LogP contribution in [0.3, 0.4) is 0 Å². The van der Waals surface area contributed by atoms with Gasteiger partial charge in [0.15, 0.2) is 5.78 Å². The van der Waals surface area contributed by atoms with Crippen molar-refractivity contribution in [2.45, 2.75) is 98.8 Å². The zero-order valence-corrected chi connectivity index (χ0v) is 20.4. The summed E-state index contributed by atoms with van der Waals surface area (Å²) in [5.41, 5.74) is 2.84. The Morgan fingerprint density at radius 1 is 1.06 bits per heavy atom. The van der Waals surface area contributed by atoms with Gasteiger partial charge in [-0.25, -0.2) is 0 Å². The molecule has 0 unspecified atom stereocenters. The van der Waals surface area contributed by atoms with E-state index in [9.17, 15) is 9.59 Å². The van der Waals surface area contributed by atoms with Gasteiger partial charge in [0, 0.05) is 12.3 Å². The van der Waals surface area contributed by atoms with Crippen LogP contribution in [0.15, 0.2) is 23.3 Å². The summed E-state index contributed by atoms with van der Waals surface area (Å²) in [6, 6.07) is 0. The summed E-state index contributed by atoms with van der Waals surface area (Å²) in [5, 5.41) is 0. The highest BCUT2D eigenvalue weighted by Gasteiger charge is 2.67. The Morgan fingerprint density at radius 3 is 2.48 bits per heavy atom. The summed E-state index contributed by atoms with van der Waals surface area (Å²) >= 11 is 0. The third kappa shape index (κ3) is 3.02. The second kappa shape index (κ2) is 7.16. The Hall–Kier alpha value is -1.18. The first-order chi connectivity index (χ1) is 14.6. The van der Waals surface area contributed by atoms with Gasteiger partial charge < -0.3 is 0 Å². The van der Waals surface area contributed by atoms with E-state index < -0.39 is 0 Å². The maximum atomic E-state index is 13.7. The third-order valence-corrected chi connectivity index (χ3v) is 10.9. The molecular formula is C29H42O2. The lowest BCUT2D eigenvalue weighted by Gasteiger charge is -2.58. The fourth-order valence-corrected chi connectivity index (χ4v) is 9.11. The fraction of sp³-hybridized carbons (Fsp3) is 0.793. The first-order valence-electron chi connectivity index (χ1n) is 13.1. The lowest BCUT2D eigenvalue weighted by atomic mass is 9.45. The van der Waals surface area contributed by atoms with Gasteiger partial charge in [0.2, 0.25) is 0 Å². The lowest BCUT2D eigenvalue weighted by Crippen LogP contribution is -2.55. The van der Waals surface area contributed by atoms with E-state index in [4.69, 9.17) is 0 Å². The fourth-order valence-electron chi connectivity index (χ4n) is 9.11. The topological polar surface area (TPSA) is 34.1 Å². The van der Waals surface area contributed by atoms with Crippen molar-refractivity contribution in [1.29, 1.82) is 0 Å². The molecule has 5 aliphatic carbocycles. The maximum absolute atomic E-state index is 13.7. The zero-order chi connectivity index (χ0) is 22.2. The molecule has 1 spiro atoms. The molecule has 2 nitrogen and oxygen atoms in total. The predicted octanol–water partition coefficient (Wildman–Crippen LogP) is 7.09. The van der Waals surface area contributed by atoms with Crippen LogP contribution in [0.25, 0.3) is 0 Å². The number of rotatable bonds is 4. The maximum Gasteiger partial charge on any atom is 0.159 e. The SMILES string of the molecule is CC(C)=CCC[C@@H](C)[C@H]1CC[C@H]2[C@@H]3C(=O)C=C4C5(CC5)C(=O)CC[C@]4(C)[C@H]3CC[C@]12C. The molecule has 0 bridgehead atoms. The largest absolute Gasteiger partial charge is 0.299 e. The number of carbonyl (C=O) groups is 2. The molecule has 5 rings (SSSR count). The molecule has 0 radical (unpaired) electrons. The van der Waals surface area contributed by atoms with Gasteiger partial charge in [0.25, 0.3) is 0 Å². The van der Waals surface area contributed by atoms with E-state index in [1.54, 1.807) is 0 Å². The van der Waals surface area contributed by atoms with Crippen molar-refractivity contribution in [1.82, 2.24) is 0 Å². The van der Waals surface area contributed by atoms with Gasteiger partial charge in [-0.2, -0.15) is 0 Å². The lowest BCUT2D eigenvalue weighted by molar-refractivity contribution is -0.138. The molecular weight excluding hydrogens is 380 g/mol. The number of carbonyl (C=O) groups excluding carboxylic acids is 2. The van der Waals surface area contributed by atoms with E-state index in [1.165, 1.54) is 49.7 Å². The Balaban J connectivity index is 1.42. The summed E-state index contributed by atoms with van der Waals surface area (Å²) in [5.74, 6) is 3.48. The summed E-state index contributed by atoms with van der Waals surface area (Å²) in [6.07, 6.45) is 15.5. The van der Waals surface area contributed by atoms with Crippen molar-refractivity contribution in [3.63, 3.8) is 0 Å². The number of fused-ring (bicyclic) bond motifs is 6. The highest BCUT2D eigenvalue weighted by Crippen LogP contribution is 2.71. The molecule has 0 amide bonds. The van der Waals surface area contributed by atoms with Crippen molar-refractivity contribution < 1.29 is 9.59 Å². The molecule has 0 saturated heterocycles. The van der Waals surface area contributed by atoms with Crippen LogP contribution in [-0.2, 0) is 9.59 Å². The minimum atomic E-state index is -0.230. The van der Waals surface area contributed by atoms with E-state index in [-0.39, 0.29) is 16.7 Å². The molecule has 4 saturated carbocycles. The van der Waals surface area contributed by atoms with Crippen LogP contribution in [0.1, 0.15) is 98.8 Å². The Kier molecular flexibility index (Phi) is 5.00. The number of Topliss-reactive ketones (excluding diaryl/α,β-unsaturated/α-hetero) is 1. The monoisotopic (exact) mass is 422 g/mol.